The molecule has 4 heteroatoms. The highest BCUT2D eigenvalue weighted by Crippen LogP contribution is 2.38. The maximum atomic E-state index is 5.14. The van der Waals surface area contributed by atoms with Gasteiger partial charge in [-0.15, -0.1) is 11.3 Å². The monoisotopic (exact) mass is 667 g/mol. The van der Waals surface area contributed by atoms with E-state index in [0.29, 0.717) is 17.5 Å². The fraction of sp³-hybridized carbons (Fsp3) is 0. The van der Waals surface area contributed by atoms with Crippen LogP contribution in [-0.4, -0.2) is 15.0 Å². The Hall–Kier alpha value is -6.49. The molecule has 0 saturated carbocycles. The minimum Gasteiger partial charge on any atom is -0.208 e. The van der Waals surface area contributed by atoms with E-state index < -0.39 is 0 Å². The van der Waals surface area contributed by atoms with Gasteiger partial charge in [-0.2, -0.15) is 0 Å². The van der Waals surface area contributed by atoms with Gasteiger partial charge in [0.05, 0.1) is 0 Å². The largest absolute Gasteiger partial charge is 0.208 e. The Balaban J connectivity index is 1.08. The van der Waals surface area contributed by atoms with Crippen molar-refractivity contribution in [1.82, 2.24) is 15.0 Å². The maximum absolute atomic E-state index is 5.14. The first kappa shape index (κ1) is 29.4. The molecule has 2 aromatic heterocycles. The Kier molecular flexibility index (Phi) is 7.00. The first-order chi connectivity index (χ1) is 25.2. The lowest BCUT2D eigenvalue weighted by Gasteiger charge is -2.13. The molecular formula is C47H29N3S. The van der Waals surface area contributed by atoms with Gasteiger partial charge in [0.1, 0.15) is 0 Å². The number of rotatable bonds is 5. The third kappa shape index (κ3) is 5.25. The van der Waals surface area contributed by atoms with Crippen LogP contribution in [0.5, 0.6) is 0 Å². The summed E-state index contributed by atoms with van der Waals surface area (Å²) in [4.78, 5) is 15.2. The molecular weight excluding hydrogens is 639 g/mol. The van der Waals surface area contributed by atoms with Crippen molar-refractivity contribution < 1.29 is 0 Å². The van der Waals surface area contributed by atoms with Gasteiger partial charge in [0.15, 0.2) is 17.5 Å². The fourth-order valence-corrected chi connectivity index (χ4v) is 8.32. The first-order valence-electron chi connectivity index (χ1n) is 17.1. The summed E-state index contributed by atoms with van der Waals surface area (Å²) in [5.74, 6) is 1.95. The number of thiophene rings is 1. The minimum atomic E-state index is 0.646. The van der Waals surface area contributed by atoms with E-state index in [1.54, 1.807) is 0 Å². The van der Waals surface area contributed by atoms with Gasteiger partial charge in [0.25, 0.3) is 0 Å². The molecule has 10 aromatic rings. The van der Waals surface area contributed by atoms with Gasteiger partial charge in [-0.25, -0.2) is 15.0 Å². The lowest BCUT2D eigenvalue weighted by Crippen LogP contribution is -2.00. The Labute approximate surface area is 299 Å². The van der Waals surface area contributed by atoms with Crippen LogP contribution in [0, 0.1) is 0 Å². The maximum Gasteiger partial charge on any atom is 0.164 e. The molecule has 0 aliphatic carbocycles. The molecule has 51 heavy (non-hydrogen) atoms. The third-order valence-corrected chi connectivity index (χ3v) is 10.9. The van der Waals surface area contributed by atoms with Crippen LogP contribution in [0.4, 0.5) is 0 Å². The summed E-state index contributed by atoms with van der Waals surface area (Å²) < 4.78 is 2.61. The van der Waals surface area contributed by atoms with Gasteiger partial charge in [-0.3, -0.25) is 0 Å². The number of hydrogen-bond acceptors (Lipinski definition) is 4. The number of hydrogen-bond donors (Lipinski definition) is 0. The zero-order chi connectivity index (χ0) is 33.7. The Morgan fingerprint density at radius 3 is 1.69 bits per heavy atom. The van der Waals surface area contributed by atoms with E-state index in [1.807, 2.05) is 29.5 Å². The van der Waals surface area contributed by atoms with Gasteiger partial charge in [-0.1, -0.05) is 158 Å². The van der Waals surface area contributed by atoms with Crippen molar-refractivity contribution in [2.75, 3.05) is 0 Å². The summed E-state index contributed by atoms with van der Waals surface area (Å²) in [6.45, 7) is 0. The normalized spacial score (nSPS) is 11.5. The van der Waals surface area contributed by atoms with Crippen molar-refractivity contribution in [3.8, 4) is 56.4 Å². The zero-order valence-electron chi connectivity index (χ0n) is 27.5. The number of benzene rings is 8. The van der Waals surface area contributed by atoms with Crippen LogP contribution in [0.15, 0.2) is 176 Å². The molecule has 0 unspecified atom stereocenters. The van der Waals surface area contributed by atoms with Gasteiger partial charge in [0, 0.05) is 36.9 Å². The molecule has 0 amide bonds. The first-order valence-corrected chi connectivity index (χ1v) is 17.9. The van der Waals surface area contributed by atoms with Crippen LogP contribution in [0.3, 0.4) is 0 Å². The molecule has 0 fully saturated rings. The highest BCUT2D eigenvalue weighted by molar-refractivity contribution is 7.25. The number of fused-ring (bicyclic) bond motifs is 5. The van der Waals surface area contributed by atoms with Crippen LogP contribution in [-0.2, 0) is 0 Å². The molecule has 0 aliphatic rings. The molecule has 0 bridgehead atoms. The molecule has 0 atom stereocenters. The smallest absolute Gasteiger partial charge is 0.164 e. The van der Waals surface area contributed by atoms with E-state index in [9.17, 15) is 0 Å². The van der Waals surface area contributed by atoms with E-state index >= 15 is 0 Å². The van der Waals surface area contributed by atoms with Crippen molar-refractivity contribution in [2.45, 2.75) is 0 Å². The fourth-order valence-electron chi connectivity index (χ4n) is 7.17. The Morgan fingerprint density at radius 2 is 0.863 bits per heavy atom. The van der Waals surface area contributed by atoms with E-state index in [0.717, 1.165) is 33.0 Å². The average molecular weight is 668 g/mol. The van der Waals surface area contributed by atoms with Crippen molar-refractivity contribution >= 4 is 53.1 Å². The quantitative estimate of drug-likeness (QED) is 0.183. The Bertz CT molecular complexity index is 2910. The predicted octanol–water partition coefficient (Wildman–Crippen LogP) is 12.9. The van der Waals surface area contributed by atoms with Crippen molar-refractivity contribution in [2.24, 2.45) is 0 Å². The second-order valence-electron chi connectivity index (χ2n) is 12.8. The highest BCUT2D eigenvalue weighted by atomic mass is 32.1. The van der Waals surface area contributed by atoms with Gasteiger partial charge in [-0.05, 0) is 62.0 Å². The molecule has 0 aliphatic heterocycles. The molecule has 3 nitrogen and oxygen atoms in total. The average Bonchev–Trinajstić information content (AvgIpc) is 3.58. The third-order valence-electron chi connectivity index (χ3n) is 9.75. The van der Waals surface area contributed by atoms with Crippen molar-refractivity contribution in [3.63, 3.8) is 0 Å². The van der Waals surface area contributed by atoms with E-state index in [4.69, 9.17) is 15.0 Å². The lowest BCUT2D eigenvalue weighted by molar-refractivity contribution is 1.08. The van der Waals surface area contributed by atoms with Crippen LogP contribution < -0.4 is 0 Å². The summed E-state index contributed by atoms with van der Waals surface area (Å²) in [7, 11) is 0. The second kappa shape index (κ2) is 12.1. The number of nitrogens with zero attached hydrogens (tertiary/aromatic N) is 3. The van der Waals surface area contributed by atoms with Crippen LogP contribution in [0.25, 0.3) is 98.1 Å². The highest BCUT2D eigenvalue weighted by Gasteiger charge is 2.16. The van der Waals surface area contributed by atoms with Crippen LogP contribution in [0.1, 0.15) is 0 Å². The zero-order valence-corrected chi connectivity index (χ0v) is 28.3. The van der Waals surface area contributed by atoms with E-state index in [-0.39, 0.29) is 0 Å². The Morgan fingerprint density at radius 1 is 0.294 bits per heavy atom. The van der Waals surface area contributed by atoms with E-state index in [1.165, 1.54) is 47.6 Å². The van der Waals surface area contributed by atoms with E-state index in [2.05, 4.69) is 158 Å². The standard InChI is InChI=1S/C47H29N3S/c1-2-11-32(12-3-1)45-48-46(33-23-20-31(21-24-33)35-26-27-41-40-14-6-7-19-43(40)51-44(41)29-35)50-47(49-45)42-18-9-16-38-37(15-8-17-39(38)42)36-25-22-30-10-4-5-13-34(30)28-36/h1-29H. The van der Waals surface area contributed by atoms with Gasteiger partial charge >= 0.3 is 0 Å². The molecule has 2 heterocycles. The molecule has 238 valence electrons. The topological polar surface area (TPSA) is 38.7 Å². The number of aromatic nitrogens is 3. The molecule has 0 N–H and O–H groups in total. The SMILES string of the molecule is c1ccc(-c2nc(-c3ccc(-c4ccc5c(c4)sc4ccccc45)cc3)nc(-c3cccc4c(-c5ccc6ccccc6c5)cccc34)n2)cc1. The van der Waals surface area contributed by atoms with Crippen LogP contribution in [0.2, 0.25) is 0 Å². The van der Waals surface area contributed by atoms with Crippen LogP contribution >= 0.6 is 11.3 Å². The predicted molar refractivity (Wildman–Crippen MR) is 215 cm³/mol. The molecule has 8 aromatic carbocycles. The lowest BCUT2D eigenvalue weighted by atomic mass is 9.94. The van der Waals surface area contributed by atoms with Gasteiger partial charge in [0.2, 0.25) is 0 Å². The summed E-state index contributed by atoms with van der Waals surface area (Å²) in [5, 5.41) is 7.35. The van der Waals surface area contributed by atoms with Gasteiger partial charge < -0.3 is 0 Å². The molecule has 0 spiro atoms. The summed E-state index contributed by atoms with van der Waals surface area (Å²) >= 11 is 1.84. The molecule has 0 radical (unpaired) electrons. The molecule has 0 saturated heterocycles. The second-order valence-corrected chi connectivity index (χ2v) is 13.9. The summed E-state index contributed by atoms with van der Waals surface area (Å²) in [6, 6.07) is 62.2. The van der Waals surface area contributed by atoms with Crippen molar-refractivity contribution in [3.05, 3.63) is 176 Å². The summed E-state index contributed by atoms with van der Waals surface area (Å²) in [6.07, 6.45) is 0. The summed E-state index contributed by atoms with van der Waals surface area (Å²) in [5.41, 5.74) is 7.59. The van der Waals surface area contributed by atoms with Crippen molar-refractivity contribution in [1.29, 1.82) is 0 Å². The molecule has 10 rings (SSSR count). The minimum absolute atomic E-state index is 0.646.